The molecule has 0 aromatic heterocycles. The van der Waals surface area contributed by atoms with Crippen molar-refractivity contribution >= 4 is 5.97 Å². The van der Waals surface area contributed by atoms with Crippen LogP contribution in [0.3, 0.4) is 0 Å². The Bertz CT molecular complexity index is 230. The fourth-order valence-corrected chi connectivity index (χ4v) is 2.35. The number of hydrogen-bond donors (Lipinski definition) is 1. The van der Waals surface area contributed by atoms with Gasteiger partial charge in [-0.1, -0.05) is 12.8 Å². The molecule has 0 aromatic rings. The Hall–Kier alpha value is -0.610. The van der Waals surface area contributed by atoms with Crippen molar-refractivity contribution in [3.8, 4) is 0 Å². The quantitative estimate of drug-likeness (QED) is 0.758. The Morgan fingerprint density at radius 1 is 1.20 bits per heavy atom. The van der Waals surface area contributed by atoms with Gasteiger partial charge in [0.1, 0.15) is 5.41 Å². The highest BCUT2D eigenvalue weighted by Gasteiger charge is 2.47. The van der Waals surface area contributed by atoms with E-state index in [-0.39, 0.29) is 0 Å². The van der Waals surface area contributed by atoms with Gasteiger partial charge in [0.25, 0.3) is 0 Å². The Labute approximate surface area is 90.2 Å². The maximum atomic E-state index is 11.2. The third kappa shape index (κ3) is 2.32. The van der Waals surface area contributed by atoms with Gasteiger partial charge in [0, 0.05) is 6.54 Å². The third-order valence-electron chi connectivity index (χ3n) is 3.44. The van der Waals surface area contributed by atoms with Crippen LogP contribution < -0.4 is 0 Å². The van der Waals surface area contributed by atoms with Gasteiger partial charge < -0.3 is 14.7 Å². The van der Waals surface area contributed by atoms with E-state index in [0.717, 1.165) is 13.1 Å². The van der Waals surface area contributed by atoms with Crippen molar-refractivity contribution in [2.75, 3.05) is 32.8 Å². The fourth-order valence-electron chi connectivity index (χ4n) is 2.35. The van der Waals surface area contributed by atoms with E-state index in [1.54, 1.807) is 0 Å². The maximum Gasteiger partial charge on any atom is 0.315 e. The van der Waals surface area contributed by atoms with E-state index in [2.05, 4.69) is 4.90 Å². The highest BCUT2D eigenvalue weighted by atomic mass is 16.5. The molecule has 4 heteroatoms. The van der Waals surface area contributed by atoms with Crippen LogP contribution in [-0.4, -0.2) is 48.8 Å². The first-order valence-electron chi connectivity index (χ1n) is 5.76. The molecule has 0 saturated carbocycles. The minimum Gasteiger partial charge on any atom is -0.481 e. The summed E-state index contributed by atoms with van der Waals surface area (Å²) in [4.78, 5) is 13.5. The van der Waals surface area contributed by atoms with E-state index in [0.29, 0.717) is 19.8 Å². The van der Waals surface area contributed by atoms with E-state index in [4.69, 9.17) is 4.74 Å². The van der Waals surface area contributed by atoms with Crippen molar-refractivity contribution in [2.45, 2.75) is 25.7 Å². The van der Waals surface area contributed by atoms with Crippen LogP contribution in [0, 0.1) is 5.41 Å². The van der Waals surface area contributed by atoms with Crippen molar-refractivity contribution in [1.82, 2.24) is 4.90 Å². The summed E-state index contributed by atoms with van der Waals surface area (Å²) in [5.74, 6) is -0.696. The molecule has 0 amide bonds. The molecule has 0 atom stereocenters. The smallest absolute Gasteiger partial charge is 0.315 e. The molecule has 0 bridgehead atoms. The number of carbonyl (C=O) groups is 1. The van der Waals surface area contributed by atoms with E-state index in [1.807, 2.05) is 0 Å². The summed E-state index contributed by atoms with van der Waals surface area (Å²) in [7, 11) is 0. The highest BCUT2D eigenvalue weighted by molar-refractivity contribution is 5.76. The number of hydrogen-bond acceptors (Lipinski definition) is 3. The van der Waals surface area contributed by atoms with Crippen molar-refractivity contribution in [2.24, 2.45) is 5.41 Å². The average molecular weight is 213 g/mol. The molecular weight excluding hydrogens is 194 g/mol. The van der Waals surface area contributed by atoms with Gasteiger partial charge in [0.05, 0.1) is 13.2 Å². The van der Waals surface area contributed by atoms with Crippen LogP contribution in [0.5, 0.6) is 0 Å². The molecule has 2 aliphatic rings. The van der Waals surface area contributed by atoms with Gasteiger partial charge in [-0.3, -0.25) is 4.79 Å². The zero-order valence-electron chi connectivity index (χ0n) is 9.07. The van der Waals surface area contributed by atoms with Crippen LogP contribution in [0.2, 0.25) is 0 Å². The molecule has 0 aliphatic carbocycles. The monoisotopic (exact) mass is 213 g/mol. The lowest BCUT2D eigenvalue weighted by Gasteiger charge is -2.40. The van der Waals surface area contributed by atoms with Gasteiger partial charge in [0.2, 0.25) is 0 Å². The number of likely N-dealkylation sites (tertiary alicyclic amines) is 1. The molecule has 0 radical (unpaired) electrons. The molecule has 0 aromatic carbocycles. The first-order valence-corrected chi connectivity index (χ1v) is 5.76. The predicted molar refractivity (Wildman–Crippen MR) is 55.8 cm³/mol. The molecule has 1 N–H and O–H groups in total. The summed E-state index contributed by atoms with van der Waals surface area (Å²) in [5.41, 5.74) is -0.607. The summed E-state index contributed by atoms with van der Waals surface area (Å²) in [6.07, 6.45) is 4.98. The molecule has 2 rings (SSSR count). The van der Waals surface area contributed by atoms with Gasteiger partial charge in [-0.15, -0.1) is 0 Å². The standard InChI is InChI=1S/C11H19NO3/c13-10(14)11(8-15-9-11)7-12-5-3-1-2-4-6-12/h1-9H2,(H,13,14). The highest BCUT2D eigenvalue weighted by Crippen LogP contribution is 2.29. The predicted octanol–water partition coefficient (Wildman–Crippen LogP) is 0.964. The summed E-state index contributed by atoms with van der Waals surface area (Å²) in [5, 5.41) is 9.18. The minimum atomic E-state index is -0.696. The maximum absolute atomic E-state index is 11.2. The van der Waals surface area contributed by atoms with E-state index in [9.17, 15) is 9.90 Å². The summed E-state index contributed by atoms with van der Waals surface area (Å²) < 4.78 is 5.06. The molecule has 86 valence electrons. The van der Waals surface area contributed by atoms with E-state index < -0.39 is 11.4 Å². The van der Waals surface area contributed by atoms with Crippen LogP contribution in [0.25, 0.3) is 0 Å². The van der Waals surface area contributed by atoms with Gasteiger partial charge in [0.15, 0.2) is 0 Å². The minimum absolute atomic E-state index is 0.388. The molecule has 0 spiro atoms. The molecule has 2 heterocycles. The average Bonchev–Trinajstić information content (AvgIpc) is 2.38. The zero-order chi connectivity index (χ0) is 10.7. The van der Waals surface area contributed by atoms with Crippen molar-refractivity contribution in [3.63, 3.8) is 0 Å². The van der Waals surface area contributed by atoms with Crippen LogP contribution in [0.4, 0.5) is 0 Å². The second-order valence-corrected chi connectivity index (χ2v) is 4.77. The number of nitrogens with zero attached hydrogens (tertiary/aromatic N) is 1. The summed E-state index contributed by atoms with van der Waals surface area (Å²) >= 11 is 0. The number of rotatable bonds is 3. The van der Waals surface area contributed by atoms with Gasteiger partial charge >= 0.3 is 5.97 Å². The largest absolute Gasteiger partial charge is 0.481 e. The Kier molecular flexibility index (Phi) is 3.26. The van der Waals surface area contributed by atoms with Crippen LogP contribution in [0.1, 0.15) is 25.7 Å². The first-order chi connectivity index (χ1) is 7.23. The SMILES string of the molecule is O=C(O)C1(CN2CCCCCC2)COC1. The molecule has 15 heavy (non-hydrogen) atoms. The zero-order valence-corrected chi connectivity index (χ0v) is 9.07. The van der Waals surface area contributed by atoms with E-state index in [1.165, 1.54) is 25.7 Å². The number of ether oxygens (including phenoxy) is 1. The lowest BCUT2D eigenvalue weighted by molar-refractivity contribution is -0.183. The van der Waals surface area contributed by atoms with Crippen LogP contribution >= 0.6 is 0 Å². The number of carboxylic acids is 1. The topological polar surface area (TPSA) is 49.8 Å². The van der Waals surface area contributed by atoms with Gasteiger partial charge in [-0.2, -0.15) is 0 Å². The third-order valence-corrected chi connectivity index (χ3v) is 3.44. The molecule has 0 unspecified atom stereocenters. The van der Waals surface area contributed by atoms with Gasteiger partial charge in [-0.05, 0) is 25.9 Å². The van der Waals surface area contributed by atoms with Gasteiger partial charge in [-0.25, -0.2) is 0 Å². The summed E-state index contributed by atoms with van der Waals surface area (Å²) in [6.45, 7) is 3.55. The Balaban J connectivity index is 1.90. The second kappa shape index (κ2) is 4.49. The second-order valence-electron chi connectivity index (χ2n) is 4.77. The van der Waals surface area contributed by atoms with Crippen molar-refractivity contribution < 1.29 is 14.6 Å². The van der Waals surface area contributed by atoms with Crippen LogP contribution in [-0.2, 0) is 9.53 Å². The number of carboxylic acid groups (broad SMARTS) is 1. The van der Waals surface area contributed by atoms with Crippen LogP contribution in [0.15, 0.2) is 0 Å². The molecule has 2 fully saturated rings. The Morgan fingerprint density at radius 2 is 1.80 bits per heavy atom. The molecule has 4 nitrogen and oxygen atoms in total. The molecule has 2 saturated heterocycles. The molecular formula is C11H19NO3. The van der Waals surface area contributed by atoms with Crippen molar-refractivity contribution in [1.29, 1.82) is 0 Å². The first kappa shape index (κ1) is 10.9. The lowest BCUT2D eigenvalue weighted by atomic mass is 9.85. The molecule has 2 aliphatic heterocycles. The van der Waals surface area contributed by atoms with E-state index >= 15 is 0 Å². The summed E-state index contributed by atoms with van der Waals surface area (Å²) in [6, 6.07) is 0. The lowest BCUT2D eigenvalue weighted by Crippen LogP contribution is -2.56. The van der Waals surface area contributed by atoms with Crippen molar-refractivity contribution in [3.05, 3.63) is 0 Å². The fraction of sp³-hybridized carbons (Fsp3) is 0.909. The number of aliphatic carboxylic acids is 1. The Morgan fingerprint density at radius 3 is 2.20 bits per heavy atom. The normalized spacial score (nSPS) is 26.7.